The van der Waals surface area contributed by atoms with Gasteiger partial charge in [-0.15, -0.1) is 0 Å². The van der Waals surface area contributed by atoms with Crippen molar-refractivity contribution in [3.8, 4) is 0 Å². The first-order valence-corrected chi connectivity index (χ1v) is 12.7. The summed E-state index contributed by atoms with van der Waals surface area (Å²) in [6.07, 6.45) is 2.14. The van der Waals surface area contributed by atoms with E-state index >= 15 is 0 Å². The first-order valence-electron chi connectivity index (χ1n) is 8.62. The Morgan fingerprint density at radius 3 is 2.17 bits per heavy atom. The number of anilines is 1. The summed E-state index contributed by atoms with van der Waals surface area (Å²) in [6.45, 7) is 3.04. The average Bonchev–Trinajstić information content (AvgIpc) is 2.60. The predicted molar refractivity (Wildman–Crippen MR) is 114 cm³/mol. The zero-order valence-corrected chi connectivity index (χ0v) is 18.9. The SMILES string of the molecule is Cc1ccc(Cl)cc1N(CC(=O)N[C@H](C)c1ccc(S(C)(=O)=O)cc1)S(C)(=O)=O. The molecule has 10 heteroatoms. The Morgan fingerprint density at radius 1 is 1.07 bits per heavy atom. The lowest BCUT2D eigenvalue weighted by atomic mass is 10.1. The van der Waals surface area contributed by atoms with E-state index in [-0.39, 0.29) is 4.90 Å². The number of halogens is 1. The van der Waals surface area contributed by atoms with Gasteiger partial charge in [-0.2, -0.15) is 0 Å². The van der Waals surface area contributed by atoms with Gasteiger partial charge in [-0.1, -0.05) is 29.8 Å². The lowest BCUT2D eigenvalue weighted by molar-refractivity contribution is -0.120. The highest BCUT2D eigenvalue weighted by Crippen LogP contribution is 2.26. The fourth-order valence-corrected chi connectivity index (χ4v) is 4.44. The first kappa shape index (κ1) is 23.2. The van der Waals surface area contributed by atoms with Gasteiger partial charge in [-0.25, -0.2) is 16.8 Å². The maximum atomic E-state index is 12.5. The number of sulfone groups is 1. The Hall–Kier alpha value is -2.10. The molecule has 0 radical (unpaired) electrons. The second-order valence-corrected chi connectivity index (χ2v) is 11.2. The summed E-state index contributed by atoms with van der Waals surface area (Å²) in [7, 11) is -7.04. The number of aryl methyl sites for hydroxylation is 1. The summed E-state index contributed by atoms with van der Waals surface area (Å²) in [5.74, 6) is -0.505. The standard InChI is InChI=1S/C19H23ClN2O5S2/c1-13-5-8-16(20)11-18(13)22(29(4,26)27)12-19(23)21-14(2)15-6-9-17(10-7-15)28(3,24)25/h5-11,14H,12H2,1-4H3,(H,21,23)/t14-/m1/s1. The number of sulfonamides is 1. The summed E-state index contributed by atoms with van der Waals surface area (Å²) in [5.41, 5.74) is 1.69. The van der Waals surface area contributed by atoms with Gasteiger partial charge in [-0.05, 0) is 49.2 Å². The van der Waals surface area contributed by atoms with Crippen LogP contribution in [-0.2, 0) is 24.7 Å². The summed E-state index contributed by atoms with van der Waals surface area (Å²) < 4.78 is 48.6. The van der Waals surface area contributed by atoms with E-state index < -0.39 is 38.4 Å². The third kappa shape index (κ3) is 6.19. The molecule has 2 aromatic rings. The van der Waals surface area contributed by atoms with Crippen LogP contribution in [-0.4, -0.2) is 41.8 Å². The van der Waals surface area contributed by atoms with Crippen molar-refractivity contribution in [2.45, 2.75) is 24.8 Å². The van der Waals surface area contributed by atoms with Crippen LogP contribution in [0.1, 0.15) is 24.1 Å². The van der Waals surface area contributed by atoms with Crippen molar-refractivity contribution in [2.24, 2.45) is 0 Å². The van der Waals surface area contributed by atoms with E-state index in [1.807, 2.05) is 0 Å². The van der Waals surface area contributed by atoms with Crippen LogP contribution in [0.4, 0.5) is 5.69 Å². The number of hydrogen-bond donors (Lipinski definition) is 1. The second-order valence-electron chi connectivity index (χ2n) is 6.83. The second kappa shape index (κ2) is 8.73. The highest BCUT2D eigenvalue weighted by molar-refractivity contribution is 7.92. The molecule has 0 fully saturated rings. The molecule has 2 rings (SSSR count). The van der Waals surface area contributed by atoms with Crippen LogP contribution < -0.4 is 9.62 Å². The largest absolute Gasteiger partial charge is 0.348 e. The van der Waals surface area contributed by atoms with Crippen molar-refractivity contribution in [3.63, 3.8) is 0 Å². The van der Waals surface area contributed by atoms with Crippen molar-refractivity contribution in [1.82, 2.24) is 5.32 Å². The van der Waals surface area contributed by atoms with Gasteiger partial charge in [0.15, 0.2) is 9.84 Å². The monoisotopic (exact) mass is 458 g/mol. The molecule has 158 valence electrons. The van der Waals surface area contributed by atoms with Gasteiger partial charge >= 0.3 is 0 Å². The first-order chi connectivity index (χ1) is 13.3. The maximum Gasteiger partial charge on any atom is 0.241 e. The van der Waals surface area contributed by atoms with Crippen molar-refractivity contribution in [3.05, 3.63) is 58.6 Å². The van der Waals surface area contributed by atoms with Crippen LogP contribution in [0.2, 0.25) is 5.02 Å². The number of amides is 1. The molecule has 1 amide bonds. The minimum absolute atomic E-state index is 0.180. The Morgan fingerprint density at radius 2 is 1.66 bits per heavy atom. The summed E-state index contributed by atoms with van der Waals surface area (Å²) >= 11 is 5.99. The number of hydrogen-bond acceptors (Lipinski definition) is 5. The molecule has 0 spiro atoms. The van der Waals surface area contributed by atoms with Crippen molar-refractivity contribution in [2.75, 3.05) is 23.4 Å². The molecule has 1 atom stereocenters. The number of carbonyl (C=O) groups excluding carboxylic acids is 1. The number of benzene rings is 2. The molecule has 0 bridgehead atoms. The molecule has 0 saturated heterocycles. The summed E-state index contributed by atoms with van der Waals surface area (Å²) in [5, 5.41) is 3.09. The van der Waals surface area contributed by atoms with Crippen molar-refractivity contribution in [1.29, 1.82) is 0 Å². The van der Waals surface area contributed by atoms with Gasteiger partial charge in [0.2, 0.25) is 15.9 Å². The van der Waals surface area contributed by atoms with Crippen LogP contribution >= 0.6 is 11.6 Å². The highest BCUT2D eigenvalue weighted by Gasteiger charge is 2.23. The molecule has 0 heterocycles. The van der Waals surface area contributed by atoms with Gasteiger partial charge in [0.25, 0.3) is 0 Å². The van der Waals surface area contributed by atoms with E-state index in [4.69, 9.17) is 11.6 Å². The van der Waals surface area contributed by atoms with Crippen LogP contribution in [0.5, 0.6) is 0 Å². The Labute approximate surface area is 176 Å². The van der Waals surface area contributed by atoms with Crippen molar-refractivity contribution < 1.29 is 21.6 Å². The van der Waals surface area contributed by atoms with E-state index in [9.17, 15) is 21.6 Å². The number of rotatable bonds is 7. The van der Waals surface area contributed by atoms with Crippen LogP contribution in [0, 0.1) is 6.92 Å². The molecule has 0 aliphatic heterocycles. The van der Waals surface area contributed by atoms with Gasteiger partial charge in [0, 0.05) is 11.3 Å². The quantitative estimate of drug-likeness (QED) is 0.687. The molecule has 0 aliphatic rings. The van der Waals surface area contributed by atoms with Crippen LogP contribution in [0.15, 0.2) is 47.4 Å². The van der Waals surface area contributed by atoms with Crippen molar-refractivity contribution >= 4 is 43.1 Å². The zero-order valence-electron chi connectivity index (χ0n) is 16.5. The molecule has 0 saturated carbocycles. The van der Waals surface area contributed by atoms with Gasteiger partial charge < -0.3 is 5.32 Å². The minimum atomic E-state index is -3.73. The molecule has 1 N–H and O–H groups in total. The summed E-state index contributed by atoms with van der Waals surface area (Å²) in [4.78, 5) is 12.7. The average molecular weight is 459 g/mol. The summed E-state index contributed by atoms with van der Waals surface area (Å²) in [6, 6.07) is 10.5. The van der Waals surface area contributed by atoms with E-state index in [2.05, 4.69) is 5.32 Å². The Kier molecular flexibility index (Phi) is 6.97. The zero-order chi connectivity index (χ0) is 22.0. The molecule has 0 aromatic heterocycles. The Bertz CT molecular complexity index is 1110. The lowest BCUT2D eigenvalue weighted by Gasteiger charge is -2.25. The van der Waals surface area contributed by atoms with Gasteiger partial charge in [0.05, 0.1) is 22.9 Å². The number of nitrogens with one attached hydrogen (secondary N) is 1. The molecule has 7 nitrogen and oxygen atoms in total. The smallest absolute Gasteiger partial charge is 0.241 e. The van der Waals surface area contributed by atoms with Crippen LogP contribution in [0.3, 0.4) is 0 Å². The lowest BCUT2D eigenvalue weighted by Crippen LogP contribution is -2.41. The third-order valence-electron chi connectivity index (χ3n) is 4.31. The highest BCUT2D eigenvalue weighted by atomic mass is 35.5. The van der Waals surface area contributed by atoms with Gasteiger partial charge in [0.1, 0.15) is 6.54 Å². The molecular weight excluding hydrogens is 436 g/mol. The molecule has 2 aromatic carbocycles. The number of nitrogens with zero attached hydrogens (tertiary/aromatic N) is 1. The fraction of sp³-hybridized carbons (Fsp3) is 0.316. The number of carbonyl (C=O) groups is 1. The maximum absolute atomic E-state index is 12.5. The van der Waals surface area contributed by atoms with E-state index in [1.165, 1.54) is 18.2 Å². The van der Waals surface area contributed by atoms with E-state index in [0.717, 1.165) is 16.8 Å². The third-order valence-corrected chi connectivity index (χ3v) is 6.80. The van der Waals surface area contributed by atoms with Gasteiger partial charge in [-0.3, -0.25) is 9.10 Å². The molecule has 29 heavy (non-hydrogen) atoms. The predicted octanol–water partition coefficient (Wildman–Crippen LogP) is 2.70. The van der Waals surface area contributed by atoms with E-state index in [1.54, 1.807) is 38.1 Å². The molecule has 0 unspecified atom stereocenters. The Balaban J connectivity index is 2.19. The minimum Gasteiger partial charge on any atom is -0.348 e. The molecule has 0 aliphatic carbocycles. The fourth-order valence-electron chi connectivity index (χ4n) is 2.74. The topological polar surface area (TPSA) is 101 Å². The molecular formula is C19H23ClN2O5S2. The van der Waals surface area contributed by atoms with Crippen LogP contribution in [0.25, 0.3) is 0 Å². The van der Waals surface area contributed by atoms with E-state index in [0.29, 0.717) is 21.8 Å². The normalized spacial score (nSPS) is 13.0.